The van der Waals surface area contributed by atoms with Crippen molar-refractivity contribution in [2.24, 2.45) is 0 Å². The lowest BCUT2D eigenvalue weighted by Gasteiger charge is -2.51. The SMILES string of the molecule is O=C(OCc1ccccc1)N1C2COCC1CC(O)(c1cc(F)ccc1F)C2. The molecule has 0 aliphatic carbocycles. The maximum atomic E-state index is 14.3. The van der Waals surface area contributed by atoms with Gasteiger partial charge < -0.3 is 14.6 Å². The molecule has 2 fully saturated rings. The molecule has 28 heavy (non-hydrogen) atoms. The van der Waals surface area contributed by atoms with Gasteiger partial charge in [0.15, 0.2) is 0 Å². The summed E-state index contributed by atoms with van der Waals surface area (Å²) >= 11 is 0. The smallest absolute Gasteiger partial charge is 0.410 e. The Bertz CT molecular complexity index is 847. The van der Waals surface area contributed by atoms with Gasteiger partial charge in [0.25, 0.3) is 0 Å². The molecule has 2 aliphatic rings. The van der Waals surface area contributed by atoms with Gasteiger partial charge in [-0.3, -0.25) is 4.90 Å². The van der Waals surface area contributed by atoms with Gasteiger partial charge in [-0.05, 0) is 23.8 Å². The molecule has 4 rings (SSSR count). The van der Waals surface area contributed by atoms with E-state index in [0.717, 1.165) is 23.8 Å². The van der Waals surface area contributed by atoms with Crippen LogP contribution in [0.15, 0.2) is 48.5 Å². The number of aliphatic hydroxyl groups is 1. The summed E-state index contributed by atoms with van der Waals surface area (Å²) in [5, 5.41) is 11.1. The fourth-order valence-corrected chi connectivity index (χ4v) is 4.14. The highest BCUT2D eigenvalue weighted by molar-refractivity contribution is 5.69. The fourth-order valence-electron chi connectivity index (χ4n) is 4.14. The van der Waals surface area contributed by atoms with Gasteiger partial charge in [0.05, 0.1) is 30.9 Å². The largest absolute Gasteiger partial charge is 0.445 e. The second-order valence-corrected chi connectivity index (χ2v) is 7.36. The van der Waals surface area contributed by atoms with Crippen LogP contribution in [0.4, 0.5) is 13.6 Å². The normalized spacial score (nSPS) is 26.8. The highest BCUT2D eigenvalue weighted by atomic mass is 19.1. The van der Waals surface area contributed by atoms with Crippen molar-refractivity contribution < 1.29 is 28.2 Å². The molecule has 2 aromatic carbocycles. The maximum Gasteiger partial charge on any atom is 0.410 e. The molecule has 0 aromatic heterocycles. The van der Waals surface area contributed by atoms with Crippen LogP contribution in [0, 0.1) is 11.6 Å². The van der Waals surface area contributed by atoms with Crippen molar-refractivity contribution in [1.29, 1.82) is 0 Å². The van der Waals surface area contributed by atoms with E-state index in [1.807, 2.05) is 30.3 Å². The summed E-state index contributed by atoms with van der Waals surface area (Å²) < 4.78 is 38.9. The molecule has 1 amide bonds. The van der Waals surface area contributed by atoms with Crippen molar-refractivity contribution in [3.8, 4) is 0 Å². The Balaban J connectivity index is 1.52. The second-order valence-electron chi connectivity index (χ2n) is 7.36. The first kappa shape index (κ1) is 18.8. The number of hydrogen-bond acceptors (Lipinski definition) is 4. The number of nitrogens with zero attached hydrogens (tertiary/aromatic N) is 1. The number of halogens is 2. The van der Waals surface area contributed by atoms with Crippen LogP contribution in [0.5, 0.6) is 0 Å². The molecule has 2 bridgehead atoms. The van der Waals surface area contributed by atoms with E-state index < -0.39 is 35.4 Å². The molecule has 5 nitrogen and oxygen atoms in total. The fraction of sp³-hybridized carbons (Fsp3) is 0.381. The van der Waals surface area contributed by atoms with Crippen molar-refractivity contribution in [1.82, 2.24) is 4.90 Å². The number of carbonyl (C=O) groups excluding carboxylic acids is 1. The van der Waals surface area contributed by atoms with Crippen molar-refractivity contribution in [3.63, 3.8) is 0 Å². The van der Waals surface area contributed by atoms with E-state index in [4.69, 9.17) is 9.47 Å². The molecular formula is C21H21F2NO4. The zero-order valence-electron chi connectivity index (χ0n) is 15.2. The van der Waals surface area contributed by atoms with Crippen LogP contribution >= 0.6 is 0 Å². The second kappa shape index (κ2) is 7.48. The summed E-state index contributed by atoms with van der Waals surface area (Å²) in [6.45, 7) is 0.547. The minimum atomic E-state index is -1.57. The Morgan fingerprint density at radius 1 is 1.14 bits per heavy atom. The lowest BCUT2D eigenvalue weighted by Crippen LogP contribution is -2.62. The number of fused-ring (bicyclic) bond motifs is 2. The van der Waals surface area contributed by atoms with Crippen LogP contribution in [-0.4, -0.2) is 41.4 Å². The van der Waals surface area contributed by atoms with Gasteiger partial charge in [-0.1, -0.05) is 30.3 Å². The highest BCUT2D eigenvalue weighted by Crippen LogP contribution is 2.42. The molecule has 2 unspecified atom stereocenters. The summed E-state index contributed by atoms with van der Waals surface area (Å²) in [6, 6.07) is 11.4. The standard InChI is InChI=1S/C21H21F2NO4/c22-15-6-7-19(23)18(8-15)21(26)9-16-12-27-13-17(10-21)24(16)20(25)28-11-14-4-2-1-3-5-14/h1-8,16-17,26H,9-13H2. The number of rotatable bonds is 3. The number of piperidine rings is 1. The molecular weight excluding hydrogens is 368 g/mol. The molecule has 7 heteroatoms. The first-order chi connectivity index (χ1) is 13.5. The van der Waals surface area contributed by atoms with E-state index in [2.05, 4.69) is 0 Å². The van der Waals surface area contributed by atoms with Gasteiger partial charge in [-0.2, -0.15) is 0 Å². The average molecular weight is 389 g/mol. The summed E-state index contributed by atoms with van der Waals surface area (Å²) in [4.78, 5) is 14.3. The van der Waals surface area contributed by atoms with Gasteiger partial charge in [0, 0.05) is 18.4 Å². The lowest BCUT2D eigenvalue weighted by atomic mass is 9.77. The zero-order chi connectivity index (χ0) is 19.7. The lowest BCUT2D eigenvalue weighted by molar-refractivity contribution is -0.137. The van der Waals surface area contributed by atoms with E-state index in [1.165, 1.54) is 0 Å². The van der Waals surface area contributed by atoms with Crippen molar-refractivity contribution in [2.75, 3.05) is 13.2 Å². The molecule has 1 N–H and O–H groups in total. The minimum absolute atomic E-state index is 0.0459. The molecule has 0 spiro atoms. The zero-order valence-corrected chi connectivity index (χ0v) is 15.2. The Kier molecular flexibility index (Phi) is 5.03. The maximum absolute atomic E-state index is 14.3. The van der Waals surface area contributed by atoms with Crippen LogP contribution in [0.25, 0.3) is 0 Å². The third-order valence-electron chi connectivity index (χ3n) is 5.40. The van der Waals surface area contributed by atoms with Gasteiger partial charge in [-0.25, -0.2) is 13.6 Å². The van der Waals surface area contributed by atoms with Crippen LogP contribution in [-0.2, 0) is 21.7 Å². The number of hydrogen-bond donors (Lipinski definition) is 1. The summed E-state index contributed by atoms with van der Waals surface area (Å²) in [7, 11) is 0. The van der Waals surface area contributed by atoms with E-state index >= 15 is 0 Å². The van der Waals surface area contributed by atoms with Gasteiger partial charge >= 0.3 is 6.09 Å². The molecule has 2 heterocycles. The van der Waals surface area contributed by atoms with E-state index in [0.29, 0.717) is 0 Å². The molecule has 2 aliphatic heterocycles. The molecule has 148 valence electrons. The van der Waals surface area contributed by atoms with Crippen LogP contribution < -0.4 is 0 Å². The summed E-state index contributed by atoms with van der Waals surface area (Å²) in [6.07, 6.45) is -0.404. The van der Waals surface area contributed by atoms with Crippen LogP contribution in [0.3, 0.4) is 0 Å². The Morgan fingerprint density at radius 3 is 2.50 bits per heavy atom. The van der Waals surface area contributed by atoms with E-state index in [-0.39, 0.29) is 38.2 Å². The predicted molar refractivity (Wildman–Crippen MR) is 96.3 cm³/mol. The number of amides is 1. The van der Waals surface area contributed by atoms with Gasteiger partial charge in [0.2, 0.25) is 0 Å². The van der Waals surface area contributed by atoms with Crippen LogP contribution in [0.2, 0.25) is 0 Å². The molecule has 2 atom stereocenters. The van der Waals surface area contributed by atoms with E-state index in [1.54, 1.807) is 4.90 Å². The Morgan fingerprint density at radius 2 is 1.82 bits per heavy atom. The molecule has 2 aromatic rings. The van der Waals surface area contributed by atoms with Crippen molar-refractivity contribution in [2.45, 2.75) is 37.1 Å². The molecule has 0 saturated carbocycles. The Labute approximate surface area is 161 Å². The number of benzene rings is 2. The van der Waals surface area contributed by atoms with Crippen molar-refractivity contribution in [3.05, 3.63) is 71.3 Å². The minimum Gasteiger partial charge on any atom is -0.445 e. The summed E-state index contributed by atoms with van der Waals surface area (Å²) in [5.74, 6) is -1.28. The number of carbonyl (C=O) groups is 1. The first-order valence-electron chi connectivity index (χ1n) is 9.21. The third kappa shape index (κ3) is 3.59. The van der Waals surface area contributed by atoms with E-state index in [9.17, 15) is 18.7 Å². The topological polar surface area (TPSA) is 59.0 Å². The Hall–Kier alpha value is -2.51. The quantitative estimate of drug-likeness (QED) is 0.875. The molecule has 2 saturated heterocycles. The number of ether oxygens (including phenoxy) is 2. The monoisotopic (exact) mass is 389 g/mol. The third-order valence-corrected chi connectivity index (χ3v) is 5.40. The van der Waals surface area contributed by atoms with Crippen molar-refractivity contribution >= 4 is 6.09 Å². The summed E-state index contributed by atoms with van der Waals surface area (Å²) in [5.41, 5.74) is -0.782. The van der Waals surface area contributed by atoms with Gasteiger partial charge in [0.1, 0.15) is 18.2 Å². The average Bonchev–Trinajstić information content (AvgIpc) is 2.68. The first-order valence-corrected chi connectivity index (χ1v) is 9.21. The number of morpholine rings is 1. The van der Waals surface area contributed by atoms with Crippen LogP contribution in [0.1, 0.15) is 24.0 Å². The van der Waals surface area contributed by atoms with Gasteiger partial charge in [-0.15, -0.1) is 0 Å². The highest BCUT2D eigenvalue weighted by Gasteiger charge is 2.50. The molecule has 0 radical (unpaired) electrons. The predicted octanol–water partition coefficient (Wildman–Crippen LogP) is 3.35.